The quantitative estimate of drug-likeness (QED) is 0.716. The van der Waals surface area contributed by atoms with E-state index in [4.69, 9.17) is 9.47 Å². The van der Waals surface area contributed by atoms with E-state index < -0.39 is 43.9 Å². The van der Waals surface area contributed by atoms with E-state index in [0.29, 0.717) is 17.9 Å². The van der Waals surface area contributed by atoms with Crippen molar-refractivity contribution in [2.45, 2.75) is 11.3 Å². The molecule has 0 aliphatic carbocycles. The maximum atomic E-state index is 14.2. The number of halogens is 3. The van der Waals surface area contributed by atoms with Gasteiger partial charge in [-0.25, -0.2) is 12.8 Å². The Morgan fingerprint density at radius 3 is 2.48 bits per heavy atom. The fourth-order valence-electron chi connectivity index (χ4n) is 3.01. The van der Waals surface area contributed by atoms with Gasteiger partial charge in [-0.15, -0.1) is 0 Å². The third-order valence-corrected chi connectivity index (χ3v) is 6.08. The van der Waals surface area contributed by atoms with E-state index in [9.17, 15) is 21.6 Å². The number of nitrogens with zero attached hydrogens (tertiary/aromatic N) is 2. The Morgan fingerprint density at radius 2 is 1.81 bits per heavy atom. The van der Waals surface area contributed by atoms with Gasteiger partial charge in [0, 0.05) is 13.1 Å². The fourth-order valence-corrected chi connectivity index (χ4v) is 4.54. The molecule has 0 spiro atoms. The molecule has 0 fully saturated rings. The van der Waals surface area contributed by atoms with Gasteiger partial charge in [-0.3, -0.25) is 0 Å². The first-order chi connectivity index (χ1) is 12.8. The standard InChI is InChI=1S/C17H17F3N2O4S/c1-25-11-4-3-10(9-12(11)26-2)5-6-22-7-8-27(23,24)15-13(18)16(19)21-17(20)14(15)22/h3-4,9H,5-8H2,1-2H3. The summed E-state index contributed by atoms with van der Waals surface area (Å²) in [6.07, 6.45) is 0.387. The van der Waals surface area contributed by atoms with Crippen molar-refractivity contribution in [2.24, 2.45) is 0 Å². The van der Waals surface area contributed by atoms with Gasteiger partial charge in [0.05, 0.1) is 20.0 Å². The molecule has 1 aromatic carbocycles. The molecule has 27 heavy (non-hydrogen) atoms. The van der Waals surface area contributed by atoms with Crippen molar-refractivity contribution < 1.29 is 31.1 Å². The number of hydrogen-bond donors (Lipinski definition) is 0. The number of anilines is 1. The Kier molecular flexibility index (Phi) is 5.18. The molecule has 0 unspecified atom stereocenters. The summed E-state index contributed by atoms with van der Waals surface area (Å²) in [7, 11) is -1.13. The van der Waals surface area contributed by atoms with E-state index in [1.54, 1.807) is 18.2 Å². The number of ether oxygens (including phenoxy) is 2. The van der Waals surface area contributed by atoms with Crippen LogP contribution in [0.15, 0.2) is 23.1 Å². The van der Waals surface area contributed by atoms with Crippen LogP contribution in [0.1, 0.15) is 5.56 Å². The topological polar surface area (TPSA) is 68.7 Å². The third-order valence-electron chi connectivity index (χ3n) is 4.36. The first kappa shape index (κ1) is 19.3. The molecule has 0 bridgehead atoms. The average molecular weight is 402 g/mol. The lowest BCUT2D eigenvalue weighted by atomic mass is 10.1. The highest BCUT2D eigenvalue weighted by Gasteiger charge is 2.37. The number of rotatable bonds is 5. The van der Waals surface area contributed by atoms with E-state index in [2.05, 4.69) is 4.98 Å². The number of hydrogen-bond acceptors (Lipinski definition) is 6. The van der Waals surface area contributed by atoms with Gasteiger partial charge in [-0.2, -0.15) is 13.8 Å². The van der Waals surface area contributed by atoms with Gasteiger partial charge in [0.1, 0.15) is 10.6 Å². The lowest BCUT2D eigenvalue weighted by Crippen LogP contribution is -2.38. The molecule has 0 saturated heterocycles. The van der Waals surface area contributed by atoms with E-state index >= 15 is 0 Å². The van der Waals surface area contributed by atoms with Crippen molar-refractivity contribution in [1.82, 2.24) is 4.98 Å². The monoisotopic (exact) mass is 402 g/mol. The molecule has 0 N–H and O–H groups in total. The Balaban J connectivity index is 1.91. The molecular formula is C17H17F3N2O4S. The van der Waals surface area contributed by atoms with Gasteiger partial charge in [0.25, 0.3) is 5.95 Å². The number of aromatic nitrogens is 1. The Morgan fingerprint density at radius 1 is 1.11 bits per heavy atom. The minimum Gasteiger partial charge on any atom is -0.493 e. The molecule has 0 amide bonds. The van der Waals surface area contributed by atoms with Crippen LogP contribution >= 0.6 is 0 Å². The maximum Gasteiger partial charge on any atom is 0.253 e. The van der Waals surface area contributed by atoms with Crippen LogP contribution in [0, 0.1) is 17.7 Å². The summed E-state index contributed by atoms with van der Waals surface area (Å²) in [6.45, 7) is 0.133. The predicted molar refractivity (Wildman–Crippen MR) is 91.6 cm³/mol. The number of benzene rings is 1. The molecule has 3 rings (SSSR count). The third kappa shape index (κ3) is 3.53. The maximum absolute atomic E-state index is 14.2. The minimum atomic E-state index is -4.13. The Bertz CT molecular complexity index is 983. The van der Waals surface area contributed by atoms with Crippen LogP contribution in [-0.4, -0.2) is 46.5 Å². The summed E-state index contributed by atoms with van der Waals surface area (Å²) in [5.74, 6) is -4.15. The second-order valence-corrected chi connectivity index (χ2v) is 7.98. The molecule has 146 valence electrons. The summed E-state index contributed by atoms with van der Waals surface area (Å²) in [5.41, 5.74) is 0.291. The van der Waals surface area contributed by atoms with E-state index in [1.807, 2.05) is 0 Å². The highest BCUT2D eigenvalue weighted by atomic mass is 32.2. The largest absolute Gasteiger partial charge is 0.493 e. The van der Waals surface area contributed by atoms with E-state index in [0.717, 1.165) is 5.56 Å². The van der Waals surface area contributed by atoms with Crippen molar-refractivity contribution in [1.29, 1.82) is 0 Å². The van der Waals surface area contributed by atoms with Crippen molar-refractivity contribution in [2.75, 3.05) is 38.0 Å². The average Bonchev–Trinajstić information content (AvgIpc) is 2.64. The van der Waals surface area contributed by atoms with Crippen molar-refractivity contribution in [3.05, 3.63) is 41.5 Å². The van der Waals surface area contributed by atoms with Crippen LogP contribution in [-0.2, 0) is 16.3 Å². The zero-order chi connectivity index (χ0) is 19.8. The second-order valence-electron chi connectivity index (χ2n) is 5.93. The van der Waals surface area contributed by atoms with Crippen molar-refractivity contribution in [3.8, 4) is 11.5 Å². The van der Waals surface area contributed by atoms with E-state index in [1.165, 1.54) is 19.1 Å². The van der Waals surface area contributed by atoms with Crippen molar-refractivity contribution in [3.63, 3.8) is 0 Å². The summed E-state index contributed by atoms with van der Waals surface area (Å²) in [5, 5.41) is 0. The summed E-state index contributed by atoms with van der Waals surface area (Å²) in [4.78, 5) is 3.25. The predicted octanol–water partition coefficient (Wildman–Crippen LogP) is 2.35. The van der Waals surface area contributed by atoms with Crippen LogP contribution in [0.3, 0.4) is 0 Å². The smallest absolute Gasteiger partial charge is 0.253 e. The molecule has 2 aromatic rings. The number of pyridine rings is 1. The highest BCUT2D eigenvalue weighted by molar-refractivity contribution is 7.91. The molecule has 0 atom stereocenters. The normalized spacial score (nSPS) is 15.4. The zero-order valence-corrected chi connectivity index (χ0v) is 15.4. The molecule has 1 aromatic heterocycles. The summed E-state index contributed by atoms with van der Waals surface area (Å²) in [6, 6.07) is 5.23. The van der Waals surface area contributed by atoms with Gasteiger partial charge in [-0.05, 0) is 24.1 Å². The first-order valence-electron chi connectivity index (χ1n) is 8.01. The minimum absolute atomic E-state index is 0.0493. The molecule has 0 radical (unpaired) electrons. The first-order valence-corrected chi connectivity index (χ1v) is 9.66. The van der Waals surface area contributed by atoms with Crippen LogP contribution in [0.5, 0.6) is 11.5 Å². The van der Waals surface area contributed by atoms with Crippen LogP contribution < -0.4 is 14.4 Å². The highest BCUT2D eigenvalue weighted by Crippen LogP contribution is 2.35. The molecular weight excluding hydrogens is 385 g/mol. The lowest BCUT2D eigenvalue weighted by Gasteiger charge is -2.31. The number of sulfone groups is 1. The van der Waals surface area contributed by atoms with Crippen LogP contribution in [0.4, 0.5) is 18.9 Å². The Hall–Kier alpha value is -2.49. The van der Waals surface area contributed by atoms with Gasteiger partial charge >= 0.3 is 0 Å². The lowest BCUT2D eigenvalue weighted by molar-refractivity contribution is 0.354. The summed E-state index contributed by atoms with van der Waals surface area (Å²) < 4.78 is 76.2. The molecule has 1 aliphatic heterocycles. The van der Waals surface area contributed by atoms with Crippen LogP contribution in [0.25, 0.3) is 0 Å². The van der Waals surface area contributed by atoms with E-state index in [-0.39, 0.29) is 13.1 Å². The SMILES string of the molecule is COc1ccc(CCN2CCS(=O)(=O)c3c(F)c(F)nc(F)c32)cc1OC. The molecule has 2 heterocycles. The zero-order valence-electron chi connectivity index (χ0n) is 14.6. The van der Waals surface area contributed by atoms with Gasteiger partial charge < -0.3 is 14.4 Å². The van der Waals surface area contributed by atoms with Gasteiger partial charge in [0.2, 0.25) is 5.95 Å². The van der Waals surface area contributed by atoms with Gasteiger partial charge in [0.15, 0.2) is 27.2 Å². The number of fused-ring (bicyclic) bond motifs is 1. The second kappa shape index (κ2) is 7.26. The van der Waals surface area contributed by atoms with Crippen molar-refractivity contribution >= 4 is 15.5 Å². The molecule has 0 saturated carbocycles. The molecule has 6 nitrogen and oxygen atoms in total. The molecule has 10 heteroatoms. The molecule has 1 aliphatic rings. The van der Waals surface area contributed by atoms with Gasteiger partial charge in [-0.1, -0.05) is 6.07 Å². The Labute approximate surface area is 154 Å². The number of methoxy groups -OCH3 is 2. The fraction of sp³-hybridized carbons (Fsp3) is 0.353. The summed E-state index contributed by atoms with van der Waals surface area (Å²) >= 11 is 0. The van der Waals surface area contributed by atoms with Crippen LogP contribution in [0.2, 0.25) is 0 Å².